The van der Waals surface area contributed by atoms with Crippen LogP contribution in [0.3, 0.4) is 0 Å². The van der Waals surface area contributed by atoms with Gasteiger partial charge in [0.05, 0.1) is 12.0 Å². The van der Waals surface area contributed by atoms with E-state index in [0.29, 0.717) is 18.0 Å². The Balaban J connectivity index is 1.54. The Morgan fingerprint density at radius 1 is 1.20 bits per heavy atom. The van der Waals surface area contributed by atoms with E-state index in [2.05, 4.69) is 5.32 Å². The second-order valence-electron chi connectivity index (χ2n) is 5.74. The molecule has 1 aliphatic rings. The van der Waals surface area contributed by atoms with Crippen molar-refractivity contribution < 1.29 is 14.3 Å². The molecule has 4 rings (SSSR count). The van der Waals surface area contributed by atoms with Crippen molar-refractivity contribution >= 4 is 17.2 Å². The first-order chi connectivity index (χ1) is 12.3. The maximum Gasteiger partial charge on any atom is 0.261 e. The average Bonchev–Trinajstić information content (AvgIpc) is 3.11. The molecule has 25 heavy (non-hydrogen) atoms. The van der Waals surface area contributed by atoms with E-state index in [1.807, 2.05) is 54.6 Å². The van der Waals surface area contributed by atoms with Gasteiger partial charge in [0.25, 0.3) is 5.91 Å². The Bertz CT molecular complexity index is 932. The van der Waals surface area contributed by atoms with Crippen LogP contribution in [-0.2, 0) is 13.2 Å². The van der Waals surface area contributed by atoms with Gasteiger partial charge < -0.3 is 14.8 Å². The number of thiophene rings is 1. The highest BCUT2D eigenvalue weighted by molar-refractivity contribution is 7.17. The molecule has 0 saturated carbocycles. The van der Waals surface area contributed by atoms with Gasteiger partial charge in [-0.15, -0.1) is 11.3 Å². The summed E-state index contributed by atoms with van der Waals surface area (Å²) in [4.78, 5) is 14.4. The number of rotatable bonds is 4. The molecule has 0 aliphatic carbocycles. The van der Waals surface area contributed by atoms with Crippen LogP contribution in [0.5, 0.6) is 11.5 Å². The largest absolute Gasteiger partial charge is 0.496 e. The minimum absolute atomic E-state index is 0.0808. The lowest BCUT2D eigenvalue weighted by Crippen LogP contribution is -2.22. The summed E-state index contributed by atoms with van der Waals surface area (Å²) >= 11 is 1.51. The van der Waals surface area contributed by atoms with Crippen molar-refractivity contribution in [3.63, 3.8) is 0 Å². The number of fused-ring (bicyclic) bond motifs is 3. The molecule has 2 aromatic carbocycles. The highest BCUT2D eigenvalue weighted by Crippen LogP contribution is 2.42. The molecule has 1 amide bonds. The van der Waals surface area contributed by atoms with Crippen LogP contribution in [-0.4, -0.2) is 13.0 Å². The fourth-order valence-corrected chi connectivity index (χ4v) is 4.04. The van der Waals surface area contributed by atoms with Crippen LogP contribution in [0.1, 0.15) is 20.8 Å². The van der Waals surface area contributed by atoms with Crippen LogP contribution in [0.25, 0.3) is 10.4 Å². The quantitative estimate of drug-likeness (QED) is 0.764. The summed E-state index contributed by atoms with van der Waals surface area (Å²) in [5.74, 6) is 1.57. The molecule has 2 heterocycles. The van der Waals surface area contributed by atoms with Crippen molar-refractivity contribution in [2.45, 2.75) is 13.2 Å². The number of benzene rings is 2. The zero-order chi connectivity index (χ0) is 17.2. The molecule has 1 N–H and O–H groups in total. The van der Waals surface area contributed by atoms with Gasteiger partial charge >= 0.3 is 0 Å². The molecule has 1 aromatic heterocycles. The Labute approximate surface area is 150 Å². The Kier molecular flexibility index (Phi) is 4.15. The molecule has 0 unspecified atom stereocenters. The fraction of sp³-hybridized carbons (Fsp3) is 0.150. The monoisotopic (exact) mass is 351 g/mol. The number of carbonyl (C=O) groups excluding carboxylic acids is 1. The molecular formula is C20H17NO3S. The third-order valence-electron chi connectivity index (χ3n) is 4.18. The number of methoxy groups -OCH3 is 1. The zero-order valence-corrected chi connectivity index (χ0v) is 14.6. The molecule has 1 aliphatic heterocycles. The Morgan fingerprint density at radius 2 is 2.00 bits per heavy atom. The van der Waals surface area contributed by atoms with Crippen molar-refractivity contribution in [2.24, 2.45) is 0 Å². The first-order valence-corrected chi connectivity index (χ1v) is 8.83. The van der Waals surface area contributed by atoms with Crippen molar-refractivity contribution in [1.29, 1.82) is 0 Å². The number of ether oxygens (including phenoxy) is 2. The van der Waals surface area contributed by atoms with Gasteiger partial charge in [-0.3, -0.25) is 4.79 Å². The number of hydrogen-bond donors (Lipinski definition) is 1. The molecule has 0 spiro atoms. The van der Waals surface area contributed by atoms with Gasteiger partial charge in [0.1, 0.15) is 18.1 Å². The van der Waals surface area contributed by atoms with Crippen LogP contribution in [0.2, 0.25) is 0 Å². The predicted octanol–water partition coefficient (Wildman–Crippen LogP) is 4.25. The van der Waals surface area contributed by atoms with E-state index in [4.69, 9.17) is 9.47 Å². The van der Waals surface area contributed by atoms with Gasteiger partial charge in [0.15, 0.2) is 0 Å². The standard InChI is InChI=1S/C20H17NO3S/c1-23-16-8-4-2-6-13(16)11-21-20(22)18-10-14-12-24-17-9-5-3-7-15(17)19(14)25-18/h2-10H,11-12H2,1H3,(H,21,22). The van der Waals surface area contributed by atoms with E-state index in [-0.39, 0.29) is 5.91 Å². The third-order valence-corrected chi connectivity index (χ3v) is 5.39. The summed E-state index contributed by atoms with van der Waals surface area (Å²) in [5, 5.41) is 2.97. The maximum atomic E-state index is 12.6. The van der Waals surface area contributed by atoms with E-state index in [0.717, 1.165) is 33.1 Å². The lowest BCUT2D eigenvalue weighted by molar-refractivity contribution is 0.0954. The van der Waals surface area contributed by atoms with Gasteiger partial charge in [-0.05, 0) is 24.3 Å². The van der Waals surface area contributed by atoms with E-state index in [9.17, 15) is 4.79 Å². The van der Waals surface area contributed by atoms with Crippen LogP contribution in [0.15, 0.2) is 54.6 Å². The Morgan fingerprint density at radius 3 is 2.88 bits per heavy atom. The normalized spacial score (nSPS) is 11.9. The highest BCUT2D eigenvalue weighted by Gasteiger charge is 2.22. The van der Waals surface area contributed by atoms with Crippen molar-refractivity contribution in [3.05, 3.63) is 70.6 Å². The molecule has 4 nitrogen and oxygen atoms in total. The molecular weight excluding hydrogens is 334 g/mol. The van der Waals surface area contributed by atoms with Crippen LogP contribution < -0.4 is 14.8 Å². The highest BCUT2D eigenvalue weighted by atomic mass is 32.1. The summed E-state index contributed by atoms with van der Waals surface area (Å²) in [7, 11) is 1.63. The number of nitrogens with one attached hydrogen (secondary N) is 1. The van der Waals surface area contributed by atoms with Gasteiger partial charge in [0.2, 0.25) is 0 Å². The van der Waals surface area contributed by atoms with Crippen molar-refractivity contribution in [2.75, 3.05) is 7.11 Å². The number of amides is 1. The van der Waals surface area contributed by atoms with E-state index < -0.39 is 0 Å². The molecule has 5 heteroatoms. The third kappa shape index (κ3) is 2.98. The van der Waals surface area contributed by atoms with Crippen LogP contribution in [0, 0.1) is 0 Å². The maximum absolute atomic E-state index is 12.6. The minimum Gasteiger partial charge on any atom is -0.496 e. The predicted molar refractivity (Wildman–Crippen MR) is 98.3 cm³/mol. The molecule has 0 bridgehead atoms. The first kappa shape index (κ1) is 15.7. The smallest absolute Gasteiger partial charge is 0.261 e. The fourth-order valence-electron chi connectivity index (χ4n) is 2.92. The molecule has 0 saturated heterocycles. The van der Waals surface area contributed by atoms with Crippen LogP contribution >= 0.6 is 11.3 Å². The summed E-state index contributed by atoms with van der Waals surface area (Å²) < 4.78 is 11.1. The molecule has 0 atom stereocenters. The van der Waals surface area contributed by atoms with Crippen molar-refractivity contribution in [3.8, 4) is 21.9 Å². The second kappa shape index (κ2) is 6.61. The van der Waals surface area contributed by atoms with E-state index >= 15 is 0 Å². The first-order valence-electron chi connectivity index (χ1n) is 8.01. The number of para-hydroxylation sites is 2. The molecule has 0 radical (unpaired) electrons. The summed E-state index contributed by atoms with van der Waals surface area (Å²) in [6.07, 6.45) is 0. The average molecular weight is 351 g/mol. The Hall–Kier alpha value is -2.79. The van der Waals surface area contributed by atoms with Gasteiger partial charge in [0, 0.05) is 28.1 Å². The van der Waals surface area contributed by atoms with Gasteiger partial charge in [-0.25, -0.2) is 0 Å². The molecule has 126 valence electrons. The van der Waals surface area contributed by atoms with Crippen LogP contribution in [0.4, 0.5) is 0 Å². The summed E-state index contributed by atoms with van der Waals surface area (Å²) in [6, 6.07) is 17.5. The topological polar surface area (TPSA) is 47.6 Å². The SMILES string of the molecule is COc1ccccc1CNC(=O)c1cc2c(s1)-c1ccccc1OC2. The molecule has 0 fully saturated rings. The van der Waals surface area contributed by atoms with E-state index in [1.54, 1.807) is 7.11 Å². The summed E-state index contributed by atoms with van der Waals surface area (Å²) in [5.41, 5.74) is 3.07. The zero-order valence-electron chi connectivity index (χ0n) is 13.7. The molecule has 3 aromatic rings. The second-order valence-corrected chi connectivity index (χ2v) is 6.80. The lowest BCUT2D eigenvalue weighted by Gasteiger charge is -2.16. The minimum atomic E-state index is -0.0808. The lowest BCUT2D eigenvalue weighted by atomic mass is 10.1. The number of carbonyl (C=O) groups is 1. The summed E-state index contributed by atoms with van der Waals surface area (Å²) in [6.45, 7) is 0.932. The van der Waals surface area contributed by atoms with E-state index in [1.165, 1.54) is 11.3 Å². The van der Waals surface area contributed by atoms with Gasteiger partial charge in [-0.2, -0.15) is 0 Å². The number of hydrogen-bond acceptors (Lipinski definition) is 4. The van der Waals surface area contributed by atoms with Gasteiger partial charge in [-0.1, -0.05) is 30.3 Å². The van der Waals surface area contributed by atoms with Crippen molar-refractivity contribution in [1.82, 2.24) is 5.32 Å².